The molecule has 0 bridgehead atoms. The van der Waals surface area contributed by atoms with Crippen LogP contribution in [0, 0.1) is 10.1 Å². The predicted molar refractivity (Wildman–Crippen MR) is 88.4 cm³/mol. The topological polar surface area (TPSA) is 80.4 Å². The molecule has 0 unspecified atom stereocenters. The molecule has 2 aromatic carbocycles. The van der Waals surface area contributed by atoms with Crippen LogP contribution in [0.25, 0.3) is 11.1 Å². The number of nitro groups is 1. The van der Waals surface area contributed by atoms with Gasteiger partial charge in [0.1, 0.15) is 0 Å². The number of ketones is 1. The molecule has 0 saturated heterocycles. The smallest absolute Gasteiger partial charge is 0.270 e. The summed E-state index contributed by atoms with van der Waals surface area (Å²) in [5.41, 5.74) is 2.28. The zero-order valence-electron chi connectivity index (χ0n) is 12.8. The Hall–Kier alpha value is -2.53. The van der Waals surface area contributed by atoms with Gasteiger partial charge in [0.15, 0.2) is 5.78 Å². The largest absolute Gasteiger partial charge is 0.396 e. The van der Waals surface area contributed by atoms with Crippen molar-refractivity contribution in [3.63, 3.8) is 0 Å². The maximum Gasteiger partial charge on any atom is 0.270 e. The second kappa shape index (κ2) is 8.19. The molecule has 0 aliphatic rings. The molecule has 0 amide bonds. The molecule has 2 aromatic rings. The number of nitro benzene ring substituents is 1. The van der Waals surface area contributed by atoms with E-state index in [-0.39, 0.29) is 18.1 Å². The minimum absolute atomic E-state index is 0.0477. The van der Waals surface area contributed by atoms with E-state index < -0.39 is 4.92 Å². The van der Waals surface area contributed by atoms with Crippen LogP contribution in [0.4, 0.5) is 5.69 Å². The molecule has 0 spiro atoms. The first kappa shape index (κ1) is 16.8. The summed E-state index contributed by atoms with van der Waals surface area (Å²) in [7, 11) is 0. The van der Waals surface area contributed by atoms with Gasteiger partial charge in [0.05, 0.1) is 4.92 Å². The van der Waals surface area contributed by atoms with Gasteiger partial charge < -0.3 is 5.11 Å². The number of hydrogen-bond donors (Lipinski definition) is 1. The average Bonchev–Trinajstić information content (AvgIpc) is 2.59. The van der Waals surface area contributed by atoms with Gasteiger partial charge in [-0.3, -0.25) is 14.9 Å². The van der Waals surface area contributed by atoms with Crippen molar-refractivity contribution in [3.05, 3.63) is 64.2 Å². The van der Waals surface area contributed by atoms with Crippen molar-refractivity contribution in [3.8, 4) is 11.1 Å². The summed E-state index contributed by atoms with van der Waals surface area (Å²) in [6.07, 6.45) is 2.80. The van der Waals surface area contributed by atoms with Crippen LogP contribution < -0.4 is 0 Å². The molecule has 0 atom stereocenters. The Morgan fingerprint density at radius 3 is 2.39 bits per heavy atom. The fourth-order valence-electron chi connectivity index (χ4n) is 2.37. The third kappa shape index (κ3) is 4.72. The van der Waals surface area contributed by atoms with Crippen molar-refractivity contribution in [2.24, 2.45) is 0 Å². The number of aliphatic hydroxyl groups excluding tert-OH is 1. The molecule has 0 aromatic heterocycles. The summed E-state index contributed by atoms with van der Waals surface area (Å²) in [5, 5.41) is 19.5. The number of benzene rings is 2. The van der Waals surface area contributed by atoms with Crippen molar-refractivity contribution in [2.75, 3.05) is 6.61 Å². The summed E-state index contributed by atoms with van der Waals surface area (Å²) < 4.78 is 0. The fourth-order valence-corrected chi connectivity index (χ4v) is 2.37. The van der Waals surface area contributed by atoms with E-state index in [1.54, 1.807) is 36.4 Å². The highest BCUT2D eigenvalue weighted by Gasteiger charge is 2.09. The van der Waals surface area contributed by atoms with Crippen LogP contribution >= 0.6 is 0 Å². The molecule has 0 aliphatic carbocycles. The number of rotatable bonds is 8. The number of hydrogen-bond acceptors (Lipinski definition) is 4. The summed E-state index contributed by atoms with van der Waals surface area (Å²) in [6.45, 7) is 0.159. The Labute approximate surface area is 134 Å². The van der Waals surface area contributed by atoms with Gasteiger partial charge in [-0.05, 0) is 24.0 Å². The van der Waals surface area contributed by atoms with E-state index in [9.17, 15) is 14.9 Å². The monoisotopic (exact) mass is 313 g/mol. The predicted octanol–water partition coefficient (Wildman–Crippen LogP) is 4.00. The average molecular weight is 313 g/mol. The first-order valence-corrected chi connectivity index (χ1v) is 7.61. The van der Waals surface area contributed by atoms with Crippen LogP contribution in [0.5, 0.6) is 0 Å². The van der Waals surface area contributed by atoms with Gasteiger partial charge in [-0.1, -0.05) is 42.8 Å². The minimum Gasteiger partial charge on any atom is -0.396 e. The molecule has 120 valence electrons. The first-order chi connectivity index (χ1) is 11.1. The molecule has 5 heteroatoms. The first-order valence-electron chi connectivity index (χ1n) is 7.61. The van der Waals surface area contributed by atoms with Crippen LogP contribution in [0.2, 0.25) is 0 Å². The Bertz CT molecular complexity index is 680. The highest BCUT2D eigenvalue weighted by atomic mass is 16.6. The van der Waals surface area contributed by atoms with Crippen molar-refractivity contribution in [2.45, 2.75) is 25.7 Å². The van der Waals surface area contributed by atoms with E-state index in [2.05, 4.69) is 0 Å². The van der Waals surface area contributed by atoms with Gasteiger partial charge in [0.25, 0.3) is 5.69 Å². The zero-order chi connectivity index (χ0) is 16.7. The highest BCUT2D eigenvalue weighted by Crippen LogP contribution is 2.24. The Morgan fingerprint density at radius 1 is 1.00 bits per heavy atom. The maximum absolute atomic E-state index is 12.0. The second-order valence-electron chi connectivity index (χ2n) is 5.34. The normalized spacial score (nSPS) is 10.5. The van der Waals surface area contributed by atoms with Crippen LogP contribution in [0.1, 0.15) is 36.0 Å². The van der Waals surface area contributed by atoms with E-state index in [0.29, 0.717) is 12.0 Å². The minimum atomic E-state index is -0.423. The molecule has 0 heterocycles. The van der Waals surface area contributed by atoms with Crippen molar-refractivity contribution < 1.29 is 14.8 Å². The van der Waals surface area contributed by atoms with Gasteiger partial charge in [-0.15, -0.1) is 0 Å². The third-order valence-corrected chi connectivity index (χ3v) is 3.66. The molecule has 2 rings (SSSR count). The van der Waals surface area contributed by atoms with Gasteiger partial charge in [0.2, 0.25) is 0 Å². The lowest BCUT2D eigenvalue weighted by atomic mass is 10.00. The lowest BCUT2D eigenvalue weighted by Crippen LogP contribution is -1.99. The Kier molecular flexibility index (Phi) is 6.00. The Balaban J connectivity index is 2.06. The highest BCUT2D eigenvalue weighted by molar-refractivity contribution is 5.96. The van der Waals surface area contributed by atoms with Crippen LogP contribution in [0.3, 0.4) is 0 Å². The summed E-state index contributed by atoms with van der Waals surface area (Å²) >= 11 is 0. The molecular formula is C18H19NO4. The zero-order valence-corrected chi connectivity index (χ0v) is 12.8. The van der Waals surface area contributed by atoms with Crippen molar-refractivity contribution in [1.29, 1.82) is 0 Å². The van der Waals surface area contributed by atoms with Gasteiger partial charge in [0, 0.05) is 30.7 Å². The second-order valence-corrected chi connectivity index (χ2v) is 5.34. The molecule has 5 nitrogen and oxygen atoms in total. The molecule has 0 saturated carbocycles. The van der Waals surface area contributed by atoms with Crippen LogP contribution in [0.15, 0.2) is 48.5 Å². The van der Waals surface area contributed by atoms with E-state index in [4.69, 9.17) is 5.11 Å². The number of Topliss-reactive ketones (excluding diaryl/α,β-unsaturated/α-hetero) is 1. The van der Waals surface area contributed by atoms with E-state index in [0.717, 1.165) is 30.4 Å². The molecule has 23 heavy (non-hydrogen) atoms. The van der Waals surface area contributed by atoms with Crippen LogP contribution in [-0.2, 0) is 0 Å². The molecule has 0 fully saturated rings. The van der Waals surface area contributed by atoms with Crippen molar-refractivity contribution in [1.82, 2.24) is 0 Å². The number of carbonyl (C=O) groups is 1. The lowest BCUT2D eigenvalue weighted by molar-refractivity contribution is -0.384. The summed E-state index contributed by atoms with van der Waals surface area (Å²) in [6, 6.07) is 13.5. The fraction of sp³-hybridized carbons (Fsp3) is 0.278. The summed E-state index contributed by atoms with van der Waals surface area (Å²) in [4.78, 5) is 22.4. The molecular weight excluding hydrogens is 294 g/mol. The number of unbranched alkanes of at least 4 members (excludes halogenated alkanes) is 2. The quantitative estimate of drug-likeness (QED) is 0.346. The lowest BCUT2D eigenvalue weighted by Gasteiger charge is -2.04. The van der Waals surface area contributed by atoms with Gasteiger partial charge in [-0.2, -0.15) is 0 Å². The Morgan fingerprint density at radius 2 is 1.74 bits per heavy atom. The molecule has 0 aliphatic heterocycles. The standard InChI is InChI=1S/C18H19NO4/c20-12-3-1-2-7-18(21)15-10-8-14(9-11-15)16-5-4-6-17(13-16)19(22)23/h4-6,8-11,13,20H,1-3,7,12H2. The molecule has 0 radical (unpaired) electrons. The third-order valence-electron chi connectivity index (χ3n) is 3.66. The van der Waals surface area contributed by atoms with Crippen LogP contribution in [-0.4, -0.2) is 22.4 Å². The van der Waals surface area contributed by atoms with Crippen molar-refractivity contribution >= 4 is 11.5 Å². The van der Waals surface area contributed by atoms with E-state index in [1.165, 1.54) is 12.1 Å². The number of non-ortho nitro benzene ring substituents is 1. The number of carbonyl (C=O) groups excluding carboxylic acids is 1. The van der Waals surface area contributed by atoms with E-state index in [1.807, 2.05) is 0 Å². The number of nitrogens with zero attached hydrogens (tertiary/aromatic N) is 1. The van der Waals surface area contributed by atoms with Gasteiger partial charge in [-0.25, -0.2) is 0 Å². The summed E-state index contributed by atoms with van der Waals surface area (Å²) in [5.74, 6) is 0.0773. The van der Waals surface area contributed by atoms with E-state index >= 15 is 0 Å². The maximum atomic E-state index is 12.0. The number of aliphatic hydroxyl groups is 1. The SMILES string of the molecule is O=C(CCCCCO)c1ccc(-c2cccc([N+](=O)[O-])c2)cc1. The molecule has 1 N–H and O–H groups in total. The van der Waals surface area contributed by atoms with Gasteiger partial charge >= 0.3 is 0 Å².